The number of carbonyl (C=O) groups excluding carboxylic acids is 1. The lowest BCUT2D eigenvalue weighted by Crippen LogP contribution is -2.37. The van der Waals surface area contributed by atoms with Gasteiger partial charge in [0.2, 0.25) is 0 Å². The highest BCUT2D eigenvalue weighted by Gasteiger charge is 2.30. The molecular weight excluding hydrogens is 233 g/mol. The summed E-state index contributed by atoms with van der Waals surface area (Å²) < 4.78 is 17.9. The second-order valence-corrected chi connectivity index (χ2v) is 4.73. The molecule has 3 nitrogen and oxygen atoms in total. The molecule has 0 saturated carbocycles. The summed E-state index contributed by atoms with van der Waals surface area (Å²) in [5.41, 5.74) is 1.01. The van der Waals surface area contributed by atoms with Gasteiger partial charge < -0.3 is 4.74 Å². The Morgan fingerprint density at radius 2 is 2.33 bits per heavy atom. The number of esters is 1. The van der Waals surface area contributed by atoms with Crippen LogP contribution in [0.3, 0.4) is 0 Å². The number of hydrogen-bond donors (Lipinski definition) is 0. The van der Waals surface area contributed by atoms with E-state index in [0.717, 1.165) is 25.1 Å². The number of methoxy groups -OCH3 is 1. The van der Waals surface area contributed by atoms with E-state index in [1.807, 2.05) is 13.0 Å². The minimum atomic E-state index is -0.228. The number of nitrogens with zero attached hydrogens (tertiary/aromatic N) is 1. The van der Waals surface area contributed by atoms with Gasteiger partial charge in [0.15, 0.2) is 0 Å². The number of halogens is 1. The van der Waals surface area contributed by atoms with Gasteiger partial charge in [-0.15, -0.1) is 0 Å². The molecule has 0 radical (unpaired) electrons. The second-order valence-electron chi connectivity index (χ2n) is 4.73. The van der Waals surface area contributed by atoms with Gasteiger partial charge in [-0.25, -0.2) is 4.39 Å². The van der Waals surface area contributed by atoms with E-state index in [9.17, 15) is 9.18 Å². The Labute approximate surface area is 107 Å². The summed E-state index contributed by atoms with van der Waals surface area (Å²) in [5.74, 6) is -0.116. The molecule has 1 aliphatic rings. The van der Waals surface area contributed by atoms with Crippen molar-refractivity contribution in [3.05, 3.63) is 35.6 Å². The number of hydrogen-bond acceptors (Lipinski definition) is 3. The molecule has 1 fully saturated rings. The van der Waals surface area contributed by atoms with E-state index in [4.69, 9.17) is 4.74 Å². The number of ether oxygens (including phenoxy) is 1. The molecule has 2 rings (SSSR count). The Morgan fingerprint density at radius 3 is 3.00 bits per heavy atom. The molecule has 0 aliphatic carbocycles. The fourth-order valence-electron chi connectivity index (χ4n) is 2.49. The van der Waals surface area contributed by atoms with Crippen LogP contribution in [0, 0.1) is 5.82 Å². The molecule has 0 N–H and O–H groups in total. The highest BCUT2D eigenvalue weighted by atomic mass is 19.1. The van der Waals surface area contributed by atoms with Gasteiger partial charge in [-0.3, -0.25) is 9.69 Å². The smallest absolute Gasteiger partial charge is 0.322 e. The first kappa shape index (κ1) is 13.0. The van der Waals surface area contributed by atoms with Crippen LogP contribution in [0.2, 0.25) is 0 Å². The monoisotopic (exact) mass is 251 g/mol. The lowest BCUT2D eigenvalue weighted by molar-refractivity contribution is -0.145. The molecule has 1 aromatic rings. The zero-order chi connectivity index (χ0) is 13.1. The minimum Gasteiger partial charge on any atom is -0.468 e. The molecule has 0 bridgehead atoms. The number of rotatable bonds is 3. The molecule has 0 spiro atoms. The standard InChI is InChI=1S/C14H18FNO2/c1-10(14(17)18-2)16-7-6-12(9-16)11-4-3-5-13(15)8-11/h3-5,8,10,12H,6-7,9H2,1-2H3/t10-,12-/m1/s1. The van der Waals surface area contributed by atoms with E-state index in [-0.39, 0.29) is 17.8 Å². The van der Waals surface area contributed by atoms with Gasteiger partial charge >= 0.3 is 5.97 Å². The Morgan fingerprint density at radius 1 is 1.56 bits per heavy atom. The molecule has 4 heteroatoms. The van der Waals surface area contributed by atoms with E-state index in [2.05, 4.69) is 4.90 Å². The van der Waals surface area contributed by atoms with Crippen molar-refractivity contribution in [2.45, 2.75) is 25.3 Å². The van der Waals surface area contributed by atoms with Crippen LogP contribution in [-0.4, -0.2) is 37.1 Å². The summed E-state index contributed by atoms with van der Waals surface area (Å²) in [7, 11) is 1.40. The van der Waals surface area contributed by atoms with Crippen molar-refractivity contribution in [2.24, 2.45) is 0 Å². The third-order valence-corrected chi connectivity index (χ3v) is 3.63. The largest absolute Gasteiger partial charge is 0.468 e. The summed E-state index contributed by atoms with van der Waals surface area (Å²) in [5, 5.41) is 0. The maximum Gasteiger partial charge on any atom is 0.322 e. The summed E-state index contributed by atoms with van der Waals surface area (Å²) in [6.45, 7) is 3.47. The summed E-state index contributed by atoms with van der Waals surface area (Å²) in [6, 6.07) is 6.48. The van der Waals surface area contributed by atoms with Crippen molar-refractivity contribution in [2.75, 3.05) is 20.2 Å². The van der Waals surface area contributed by atoms with Crippen LogP contribution >= 0.6 is 0 Å². The molecule has 98 valence electrons. The summed E-state index contributed by atoms with van der Waals surface area (Å²) in [6.07, 6.45) is 0.949. The van der Waals surface area contributed by atoms with Crippen LogP contribution in [0.4, 0.5) is 4.39 Å². The average molecular weight is 251 g/mol. The first-order valence-electron chi connectivity index (χ1n) is 6.19. The van der Waals surface area contributed by atoms with Crippen LogP contribution < -0.4 is 0 Å². The highest BCUT2D eigenvalue weighted by molar-refractivity contribution is 5.75. The lowest BCUT2D eigenvalue weighted by atomic mass is 9.98. The second kappa shape index (κ2) is 5.48. The number of benzene rings is 1. The minimum absolute atomic E-state index is 0.202. The molecule has 1 aliphatic heterocycles. The topological polar surface area (TPSA) is 29.5 Å². The Kier molecular flexibility index (Phi) is 3.97. The van der Waals surface area contributed by atoms with E-state index >= 15 is 0 Å². The van der Waals surface area contributed by atoms with Crippen molar-refractivity contribution in [1.29, 1.82) is 0 Å². The highest BCUT2D eigenvalue weighted by Crippen LogP contribution is 2.28. The lowest BCUT2D eigenvalue weighted by Gasteiger charge is -2.21. The zero-order valence-corrected chi connectivity index (χ0v) is 10.7. The van der Waals surface area contributed by atoms with Gasteiger partial charge in [-0.2, -0.15) is 0 Å². The fraction of sp³-hybridized carbons (Fsp3) is 0.500. The third kappa shape index (κ3) is 2.70. The molecule has 18 heavy (non-hydrogen) atoms. The average Bonchev–Trinajstić information content (AvgIpc) is 2.86. The Bertz CT molecular complexity index is 436. The zero-order valence-electron chi connectivity index (χ0n) is 10.7. The van der Waals surface area contributed by atoms with Crippen molar-refractivity contribution < 1.29 is 13.9 Å². The van der Waals surface area contributed by atoms with Gasteiger partial charge in [0, 0.05) is 6.54 Å². The van der Waals surface area contributed by atoms with E-state index < -0.39 is 0 Å². The van der Waals surface area contributed by atoms with Crippen LogP contribution in [0.25, 0.3) is 0 Å². The van der Waals surface area contributed by atoms with Gasteiger partial charge in [0.05, 0.1) is 7.11 Å². The summed E-state index contributed by atoms with van der Waals surface area (Å²) in [4.78, 5) is 13.6. The van der Waals surface area contributed by atoms with Crippen molar-refractivity contribution in [3.8, 4) is 0 Å². The van der Waals surface area contributed by atoms with Crippen LogP contribution in [0.1, 0.15) is 24.8 Å². The predicted molar refractivity (Wildman–Crippen MR) is 66.8 cm³/mol. The van der Waals surface area contributed by atoms with E-state index in [0.29, 0.717) is 5.92 Å². The SMILES string of the molecule is COC(=O)[C@@H](C)N1CC[C@@H](c2cccc(F)c2)C1. The summed E-state index contributed by atoms with van der Waals surface area (Å²) >= 11 is 0. The van der Waals surface area contributed by atoms with Crippen molar-refractivity contribution >= 4 is 5.97 Å². The molecule has 0 aromatic heterocycles. The van der Waals surface area contributed by atoms with Gasteiger partial charge in [0.25, 0.3) is 0 Å². The normalized spacial score (nSPS) is 21.8. The fourth-order valence-corrected chi connectivity index (χ4v) is 2.49. The van der Waals surface area contributed by atoms with E-state index in [1.54, 1.807) is 12.1 Å². The Balaban J connectivity index is 2.02. The molecule has 1 saturated heterocycles. The molecule has 1 heterocycles. The molecular formula is C14H18FNO2. The maximum atomic E-state index is 13.2. The molecule has 0 unspecified atom stereocenters. The van der Waals surface area contributed by atoms with Crippen LogP contribution in [0.15, 0.2) is 24.3 Å². The van der Waals surface area contributed by atoms with Crippen LogP contribution in [-0.2, 0) is 9.53 Å². The molecule has 2 atom stereocenters. The molecule has 1 aromatic carbocycles. The third-order valence-electron chi connectivity index (χ3n) is 3.63. The Hall–Kier alpha value is -1.42. The van der Waals surface area contributed by atoms with E-state index in [1.165, 1.54) is 13.2 Å². The van der Waals surface area contributed by atoms with Gasteiger partial charge in [-0.05, 0) is 43.5 Å². The predicted octanol–water partition coefficient (Wildman–Crippen LogP) is 2.18. The van der Waals surface area contributed by atoms with Gasteiger partial charge in [-0.1, -0.05) is 12.1 Å². The maximum absolute atomic E-state index is 13.2. The first-order chi connectivity index (χ1) is 8.61. The quantitative estimate of drug-likeness (QED) is 0.771. The van der Waals surface area contributed by atoms with Crippen LogP contribution in [0.5, 0.6) is 0 Å². The van der Waals surface area contributed by atoms with Gasteiger partial charge in [0.1, 0.15) is 11.9 Å². The number of likely N-dealkylation sites (tertiary alicyclic amines) is 1. The number of carbonyl (C=O) groups is 1. The first-order valence-corrected chi connectivity index (χ1v) is 6.19. The van der Waals surface area contributed by atoms with Crippen molar-refractivity contribution in [1.82, 2.24) is 4.90 Å². The van der Waals surface area contributed by atoms with Crippen molar-refractivity contribution in [3.63, 3.8) is 0 Å². The molecule has 0 amide bonds.